The lowest BCUT2D eigenvalue weighted by Gasteiger charge is -2.28. The van der Waals surface area contributed by atoms with Crippen LogP contribution in [0.25, 0.3) is 10.9 Å². The predicted octanol–water partition coefficient (Wildman–Crippen LogP) is 4.67. The Morgan fingerprint density at radius 3 is 2.51 bits per heavy atom. The average molecular weight is 524 g/mol. The summed E-state index contributed by atoms with van der Waals surface area (Å²) in [6.45, 7) is 0. The molecule has 2 aromatic carbocycles. The van der Waals surface area contributed by atoms with Crippen molar-refractivity contribution in [3.8, 4) is 11.6 Å². The van der Waals surface area contributed by atoms with Gasteiger partial charge in [-0.15, -0.1) is 4.59 Å². The van der Waals surface area contributed by atoms with Gasteiger partial charge in [0, 0.05) is 17.4 Å². The molecule has 3 aromatic rings. The number of primary amides is 1. The molecule has 4 N–H and O–H groups in total. The van der Waals surface area contributed by atoms with Crippen LogP contribution in [0.15, 0.2) is 94.4 Å². The van der Waals surface area contributed by atoms with Crippen molar-refractivity contribution >= 4 is 35.0 Å². The van der Waals surface area contributed by atoms with Gasteiger partial charge in [-0.3, -0.25) is 9.79 Å². The molecule has 1 atom stereocenters. The second kappa shape index (κ2) is 9.90. The zero-order valence-corrected chi connectivity index (χ0v) is 21.1. The van der Waals surface area contributed by atoms with Gasteiger partial charge < -0.3 is 15.2 Å². The summed E-state index contributed by atoms with van der Waals surface area (Å²) in [5, 5.41) is 0.964. The van der Waals surface area contributed by atoms with E-state index in [2.05, 4.69) is 9.73 Å². The maximum absolute atomic E-state index is 12.2. The van der Waals surface area contributed by atoms with Crippen LogP contribution in [0.5, 0.6) is 11.6 Å². The van der Waals surface area contributed by atoms with Crippen LogP contribution in [0.3, 0.4) is 0 Å². The zero-order valence-electron chi connectivity index (χ0n) is 21.1. The van der Waals surface area contributed by atoms with Crippen LogP contribution < -0.4 is 16.3 Å². The summed E-state index contributed by atoms with van der Waals surface area (Å²) in [7, 11) is 0. The molecule has 0 spiro atoms. The maximum atomic E-state index is 12.2. The van der Waals surface area contributed by atoms with Crippen molar-refractivity contribution in [3.63, 3.8) is 0 Å². The van der Waals surface area contributed by atoms with Crippen molar-refractivity contribution in [3.05, 3.63) is 90.0 Å². The summed E-state index contributed by atoms with van der Waals surface area (Å²) in [4.78, 5) is 37.3. The third kappa shape index (κ3) is 4.71. The SMILES string of the molecule is NC(=O)OC(=O)C1CCC(C2=C3C=NC=C[N+]3(N)C(c3ccc4ccc(Oc5ccccc5)nc4c3)=N2)CC1. The Labute approximate surface area is 224 Å². The van der Waals surface area contributed by atoms with Gasteiger partial charge in [-0.1, -0.05) is 24.3 Å². The number of pyridine rings is 1. The summed E-state index contributed by atoms with van der Waals surface area (Å²) in [6.07, 6.45) is 6.70. The van der Waals surface area contributed by atoms with Crippen LogP contribution >= 0.6 is 0 Å². The number of amides is 1. The van der Waals surface area contributed by atoms with Gasteiger partial charge in [0.1, 0.15) is 17.6 Å². The number of quaternary nitrogens is 1. The van der Waals surface area contributed by atoms with Crippen LogP contribution in [0.4, 0.5) is 4.79 Å². The average Bonchev–Trinajstić information content (AvgIpc) is 3.26. The fourth-order valence-corrected chi connectivity index (χ4v) is 5.39. The minimum absolute atomic E-state index is 0.0820. The first-order valence-electron chi connectivity index (χ1n) is 12.8. The van der Waals surface area contributed by atoms with Gasteiger partial charge in [-0.2, -0.15) is 10.8 Å². The van der Waals surface area contributed by atoms with E-state index in [-0.39, 0.29) is 16.4 Å². The van der Waals surface area contributed by atoms with Crippen LogP contribution in [-0.4, -0.2) is 33.7 Å². The fourth-order valence-electron chi connectivity index (χ4n) is 5.39. The molecule has 39 heavy (non-hydrogen) atoms. The molecule has 1 unspecified atom stereocenters. The molecule has 1 saturated carbocycles. The molecular formula is C29H27N6O4+. The van der Waals surface area contributed by atoms with E-state index >= 15 is 0 Å². The predicted molar refractivity (Wildman–Crippen MR) is 145 cm³/mol. The third-order valence-corrected chi connectivity index (χ3v) is 7.36. The van der Waals surface area contributed by atoms with Crippen molar-refractivity contribution in [2.75, 3.05) is 0 Å². The van der Waals surface area contributed by atoms with E-state index in [9.17, 15) is 9.59 Å². The molecule has 3 aliphatic rings. The van der Waals surface area contributed by atoms with E-state index < -0.39 is 12.1 Å². The van der Waals surface area contributed by atoms with Gasteiger partial charge in [-0.05, 0) is 56.0 Å². The second-order valence-corrected chi connectivity index (χ2v) is 9.82. The fraction of sp³-hybridized carbons (Fsp3) is 0.207. The molecule has 1 aromatic heterocycles. The van der Waals surface area contributed by atoms with Crippen LogP contribution in [0.2, 0.25) is 0 Å². The lowest BCUT2D eigenvalue weighted by Crippen LogP contribution is -2.53. The second-order valence-electron chi connectivity index (χ2n) is 9.82. The number of nitrogens with zero attached hydrogens (tertiary/aromatic N) is 4. The normalized spacial score (nSPS) is 23.9. The maximum Gasteiger partial charge on any atom is 0.412 e. The largest absolute Gasteiger partial charge is 0.439 e. The molecular weight excluding hydrogens is 496 g/mol. The van der Waals surface area contributed by atoms with Gasteiger partial charge in [0.05, 0.1) is 29.4 Å². The van der Waals surface area contributed by atoms with E-state index in [1.165, 1.54) is 0 Å². The lowest BCUT2D eigenvalue weighted by molar-refractivity contribution is -0.750. The van der Waals surface area contributed by atoms with E-state index in [0.717, 1.165) is 27.9 Å². The molecule has 1 aliphatic carbocycles. The van der Waals surface area contributed by atoms with E-state index in [4.69, 9.17) is 26.3 Å². The van der Waals surface area contributed by atoms with Crippen LogP contribution in [0, 0.1) is 11.8 Å². The number of carbonyl (C=O) groups excluding carboxylic acids is 2. The molecule has 10 nitrogen and oxygen atoms in total. The standard InChI is InChI=1S/C29H26N6O4/c30-29(37)39-28(36)20-9-7-19(8-10-20)26-24-17-32-14-15-35(24,31)27(34-26)21-11-6-18-12-13-25(33-23(18)16-21)38-22-4-2-1-3-5-22/h1-6,11-17,19-20H,7-10,31H2,(H-,30,37)/p+1. The molecule has 0 saturated heterocycles. The molecule has 3 heterocycles. The molecule has 1 amide bonds. The first-order chi connectivity index (χ1) is 18.9. The molecule has 2 aliphatic heterocycles. The van der Waals surface area contributed by atoms with Crippen LogP contribution in [-0.2, 0) is 9.53 Å². The van der Waals surface area contributed by atoms with Gasteiger partial charge >= 0.3 is 12.1 Å². The summed E-state index contributed by atoms with van der Waals surface area (Å²) in [5.41, 5.74) is 8.25. The van der Waals surface area contributed by atoms with Crippen molar-refractivity contribution in [2.45, 2.75) is 25.7 Å². The number of hydrogen-bond donors (Lipinski definition) is 2. The van der Waals surface area contributed by atoms with Gasteiger partial charge in [0.25, 0.3) is 5.84 Å². The van der Waals surface area contributed by atoms with Crippen molar-refractivity contribution in [2.24, 2.45) is 33.4 Å². The van der Waals surface area contributed by atoms with Gasteiger partial charge in [-0.25, -0.2) is 9.78 Å². The molecule has 0 radical (unpaired) electrons. The number of aliphatic imine (C=N–C) groups is 2. The Hall–Kier alpha value is -4.67. The quantitative estimate of drug-likeness (QED) is 0.215. The van der Waals surface area contributed by atoms with Gasteiger partial charge in [0.15, 0.2) is 0 Å². The van der Waals surface area contributed by atoms with E-state index in [1.807, 2.05) is 66.9 Å². The number of para-hydroxylation sites is 1. The Bertz CT molecular complexity index is 1590. The molecule has 6 rings (SSSR count). The Morgan fingerprint density at radius 1 is 0.974 bits per heavy atom. The highest BCUT2D eigenvalue weighted by Crippen LogP contribution is 2.41. The number of ether oxygens (including phenoxy) is 2. The number of rotatable bonds is 5. The van der Waals surface area contributed by atoms with Gasteiger partial charge in [0.2, 0.25) is 11.6 Å². The number of carbonyl (C=O) groups is 2. The number of hydrogen-bond acceptors (Lipinski definition) is 8. The minimum Gasteiger partial charge on any atom is -0.439 e. The number of esters is 1. The monoisotopic (exact) mass is 523 g/mol. The molecule has 1 fully saturated rings. The van der Waals surface area contributed by atoms with Crippen LogP contribution in [0.1, 0.15) is 31.2 Å². The highest BCUT2D eigenvalue weighted by Gasteiger charge is 2.46. The molecule has 10 heteroatoms. The summed E-state index contributed by atoms with van der Waals surface area (Å²) in [6, 6.07) is 19.3. The Balaban J connectivity index is 1.29. The lowest BCUT2D eigenvalue weighted by atomic mass is 9.80. The number of amidine groups is 1. The van der Waals surface area contributed by atoms with Crippen molar-refractivity contribution < 1.29 is 23.7 Å². The summed E-state index contributed by atoms with van der Waals surface area (Å²) < 4.78 is 10.4. The summed E-state index contributed by atoms with van der Waals surface area (Å²) >= 11 is 0. The minimum atomic E-state index is -1.07. The zero-order chi connectivity index (χ0) is 27.0. The molecule has 0 bridgehead atoms. The van der Waals surface area contributed by atoms with E-state index in [0.29, 0.717) is 43.1 Å². The smallest absolute Gasteiger partial charge is 0.412 e. The Morgan fingerprint density at radius 2 is 1.74 bits per heavy atom. The van der Waals surface area contributed by atoms with Crippen molar-refractivity contribution in [1.29, 1.82) is 0 Å². The summed E-state index contributed by atoms with van der Waals surface area (Å²) in [5.74, 6) is 7.96. The Kier molecular flexibility index (Phi) is 6.26. The highest BCUT2D eigenvalue weighted by atomic mass is 16.6. The number of fused-ring (bicyclic) bond motifs is 2. The highest BCUT2D eigenvalue weighted by molar-refractivity contribution is 6.02. The first kappa shape index (κ1) is 24.7. The number of aromatic nitrogens is 1. The topological polar surface area (TPSA) is 142 Å². The first-order valence-corrected chi connectivity index (χ1v) is 12.8. The molecule has 196 valence electrons. The number of allylic oxidation sites excluding steroid dienone is 2. The third-order valence-electron chi connectivity index (χ3n) is 7.36. The number of nitrogens with two attached hydrogens (primary N) is 2. The van der Waals surface area contributed by atoms with Crippen molar-refractivity contribution in [1.82, 2.24) is 4.98 Å². The van der Waals surface area contributed by atoms with E-state index in [1.54, 1.807) is 12.4 Å². The number of benzene rings is 2.